The molecule has 26 heavy (non-hydrogen) atoms. The Bertz CT molecular complexity index is 885. The second-order valence-electron chi connectivity index (χ2n) is 6.39. The van der Waals surface area contributed by atoms with Crippen molar-refractivity contribution in [1.29, 1.82) is 0 Å². The smallest absolute Gasteiger partial charge is 0.255 e. The van der Waals surface area contributed by atoms with Crippen molar-refractivity contribution in [3.05, 3.63) is 72.8 Å². The van der Waals surface area contributed by atoms with Crippen LogP contribution in [0.5, 0.6) is 0 Å². The predicted octanol–water partition coefficient (Wildman–Crippen LogP) is 2.95. The van der Waals surface area contributed by atoms with Crippen LogP contribution in [0.1, 0.15) is 34.8 Å². The van der Waals surface area contributed by atoms with Crippen LogP contribution in [-0.4, -0.2) is 43.8 Å². The molecule has 0 spiro atoms. The van der Waals surface area contributed by atoms with Gasteiger partial charge in [0.05, 0.1) is 11.3 Å². The van der Waals surface area contributed by atoms with E-state index < -0.39 is 0 Å². The van der Waals surface area contributed by atoms with Gasteiger partial charge in [0.15, 0.2) is 0 Å². The van der Waals surface area contributed by atoms with Gasteiger partial charge >= 0.3 is 0 Å². The van der Waals surface area contributed by atoms with Crippen LogP contribution in [0.15, 0.2) is 61.6 Å². The van der Waals surface area contributed by atoms with Crippen LogP contribution in [0.4, 0.5) is 0 Å². The summed E-state index contributed by atoms with van der Waals surface area (Å²) in [4.78, 5) is 31.6. The third-order valence-electron chi connectivity index (χ3n) is 4.74. The summed E-state index contributed by atoms with van der Waals surface area (Å²) < 4.78 is 0. The Balaban J connectivity index is 1.60. The second-order valence-corrected chi connectivity index (χ2v) is 6.39. The molecule has 1 amide bonds. The van der Waals surface area contributed by atoms with Crippen molar-refractivity contribution < 1.29 is 4.79 Å². The molecule has 6 heteroatoms. The fraction of sp³-hybridized carbons (Fsp3) is 0.250. The molecule has 3 aromatic rings. The molecular formula is C20H19N5O. The fourth-order valence-corrected chi connectivity index (χ4v) is 3.47. The van der Waals surface area contributed by atoms with Gasteiger partial charge in [-0.2, -0.15) is 0 Å². The van der Waals surface area contributed by atoms with Gasteiger partial charge in [0, 0.05) is 55.6 Å². The second kappa shape index (κ2) is 7.39. The van der Waals surface area contributed by atoms with Gasteiger partial charge in [-0.15, -0.1) is 0 Å². The molecule has 6 nitrogen and oxygen atoms in total. The van der Waals surface area contributed by atoms with E-state index in [1.807, 2.05) is 29.3 Å². The normalized spacial score (nSPS) is 17.1. The lowest BCUT2D eigenvalue weighted by atomic mass is 9.90. The summed E-state index contributed by atoms with van der Waals surface area (Å²) in [5, 5.41) is 0. The molecule has 3 aromatic heterocycles. The highest BCUT2D eigenvalue weighted by Gasteiger charge is 2.28. The van der Waals surface area contributed by atoms with Crippen molar-refractivity contribution in [3.8, 4) is 11.1 Å². The minimum atomic E-state index is 0.0299. The van der Waals surface area contributed by atoms with Gasteiger partial charge in [-0.1, -0.05) is 0 Å². The van der Waals surface area contributed by atoms with E-state index in [4.69, 9.17) is 0 Å². The summed E-state index contributed by atoms with van der Waals surface area (Å²) >= 11 is 0. The van der Waals surface area contributed by atoms with E-state index in [1.54, 1.807) is 37.2 Å². The highest BCUT2D eigenvalue weighted by atomic mass is 16.2. The first-order valence-corrected chi connectivity index (χ1v) is 8.72. The summed E-state index contributed by atoms with van der Waals surface area (Å²) in [6.45, 7) is 1.42. The zero-order chi connectivity index (χ0) is 17.8. The van der Waals surface area contributed by atoms with E-state index in [2.05, 4.69) is 19.9 Å². The minimum absolute atomic E-state index is 0.0299. The SMILES string of the molecule is O=C(c1cccnc1)N1CCC[C@H](c2ncncc2-c2ccncc2)C1. The highest BCUT2D eigenvalue weighted by Crippen LogP contribution is 2.32. The topological polar surface area (TPSA) is 71.9 Å². The Labute approximate surface area is 152 Å². The van der Waals surface area contributed by atoms with Crippen LogP contribution < -0.4 is 0 Å². The Morgan fingerprint density at radius 2 is 1.92 bits per heavy atom. The number of hydrogen-bond acceptors (Lipinski definition) is 5. The largest absolute Gasteiger partial charge is 0.338 e. The van der Waals surface area contributed by atoms with Gasteiger partial charge in [-0.3, -0.25) is 14.8 Å². The maximum atomic E-state index is 12.8. The van der Waals surface area contributed by atoms with Crippen molar-refractivity contribution in [2.24, 2.45) is 0 Å². The van der Waals surface area contributed by atoms with Crippen LogP contribution in [-0.2, 0) is 0 Å². The van der Waals surface area contributed by atoms with Gasteiger partial charge in [0.1, 0.15) is 6.33 Å². The number of amides is 1. The maximum absolute atomic E-state index is 12.8. The molecule has 4 rings (SSSR count). The lowest BCUT2D eigenvalue weighted by Crippen LogP contribution is -2.39. The molecule has 1 aliphatic rings. The molecule has 4 heterocycles. The molecule has 1 fully saturated rings. The van der Waals surface area contributed by atoms with E-state index in [-0.39, 0.29) is 11.8 Å². The maximum Gasteiger partial charge on any atom is 0.255 e. The Kier molecular flexibility index (Phi) is 4.64. The first-order valence-electron chi connectivity index (χ1n) is 8.72. The molecule has 1 aliphatic heterocycles. The van der Waals surface area contributed by atoms with E-state index >= 15 is 0 Å². The molecule has 0 saturated carbocycles. The Hall–Kier alpha value is -3.15. The number of piperidine rings is 1. The van der Waals surface area contributed by atoms with Gasteiger partial charge in [-0.25, -0.2) is 9.97 Å². The fourth-order valence-electron chi connectivity index (χ4n) is 3.47. The van der Waals surface area contributed by atoms with Gasteiger partial charge in [0.25, 0.3) is 5.91 Å². The molecule has 0 aliphatic carbocycles. The number of likely N-dealkylation sites (tertiary alicyclic amines) is 1. The van der Waals surface area contributed by atoms with Crippen LogP contribution in [0.3, 0.4) is 0 Å². The summed E-state index contributed by atoms with van der Waals surface area (Å²) in [5.74, 6) is 0.220. The number of carbonyl (C=O) groups is 1. The zero-order valence-corrected chi connectivity index (χ0v) is 14.3. The minimum Gasteiger partial charge on any atom is -0.338 e. The molecule has 0 radical (unpaired) electrons. The van der Waals surface area contributed by atoms with Crippen molar-refractivity contribution in [3.63, 3.8) is 0 Å². The van der Waals surface area contributed by atoms with Crippen LogP contribution >= 0.6 is 0 Å². The Morgan fingerprint density at radius 1 is 1.04 bits per heavy atom. The first-order chi connectivity index (χ1) is 12.8. The van der Waals surface area contributed by atoms with Crippen LogP contribution in [0.25, 0.3) is 11.1 Å². The standard InChI is InChI=1S/C20H19N5O/c26-20(16-3-1-7-22-11-16)25-10-2-4-17(13-25)19-18(12-23-14-24-19)15-5-8-21-9-6-15/h1,3,5-9,11-12,14,17H,2,4,10,13H2/t17-/m0/s1. The van der Waals surface area contributed by atoms with Crippen LogP contribution in [0, 0.1) is 0 Å². The molecule has 0 N–H and O–H groups in total. The average Bonchev–Trinajstić information content (AvgIpc) is 2.74. The molecule has 0 aromatic carbocycles. The highest BCUT2D eigenvalue weighted by molar-refractivity contribution is 5.94. The summed E-state index contributed by atoms with van der Waals surface area (Å²) in [6, 6.07) is 7.53. The van der Waals surface area contributed by atoms with E-state index in [9.17, 15) is 4.79 Å². The molecule has 1 saturated heterocycles. The predicted molar refractivity (Wildman–Crippen MR) is 97.4 cm³/mol. The van der Waals surface area contributed by atoms with E-state index in [1.165, 1.54) is 0 Å². The van der Waals surface area contributed by atoms with Gasteiger partial charge in [-0.05, 0) is 42.7 Å². The van der Waals surface area contributed by atoms with E-state index in [0.717, 1.165) is 36.2 Å². The van der Waals surface area contributed by atoms with Crippen molar-refractivity contribution in [2.45, 2.75) is 18.8 Å². The molecular weight excluding hydrogens is 326 g/mol. The Morgan fingerprint density at radius 3 is 2.73 bits per heavy atom. The lowest BCUT2D eigenvalue weighted by molar-refractivity contribution is 0.0705. The molecule has 1 atom stereocenters. The summed E-state index contributed by atoms with van der Waals surface area (Å²) in [5.41, 5.74) is 3.68. The van der Waals surface area contributed by atoms with Crippen molar-refractivity contribution >= 4 is 5.91 Å². The first kappa shape index (κ1) is 16.3. The number of carbonyl (C=O) groups excluding carboxylic acids is 1. The molecule has 130 valence electrons. The number of rotatable bonds is 3. The average molecular weight is 345 g/mol. The van der Waals surface area contributed by atoms with Gasteiger partial charge in [0.2, 0.25) is 0 Å². The van der Waals surface area contributed by atoms with Crippen molar-refractivity contribution in [2.75, 3.05) is 13.1 Å². The van der Waals surface area contributed by atoms with Gasteiger partial charge < -0.3 is 4.90 Å². The van der Waals surface area contributed by atoms with Crippen molar-refractivity contribution in [1.82, 2.24) is 24.8 Å². The monoisotopic (exact) mass is 345 g/mol. The van der Waals surface area contributed by atoms with Crippen LogP contribution in [0.2, 0.25) is 0 Å². The quantitative estimate of drug-likeness (QED) is 0.730. The third-order valence-corrected chi connectivity index (χ3v) is 4.74. The molecule has 0 bridgehead atoms. The zero-order valence-electron chi connectivity index (χ0n) is 14.3. The summed E-state index contributed by atoms with van der Waals surface area (Å²) in [6.07, 6.45) is 12.2. The third kappa shape index (κ3) is 3.31. The molecule has 0 unspecified atom stereocenters. The number of nitrogens with zero attached hydrogens (tertiary/aromatic N) is 5. The lowest BCUT2D eigenvalue weighted by Gasteiger charge is -2.33. The number of hydrogen-bond donors (Lipinski definition) is 0. The number of pyridine rings is 2. The summed E-state index contributed by atoms with van der Waals surface area (Å²) in [7, 11) is 0. The van der Waals surface area contributed by atoms with E-state index in [0.29, 0.717) is 12.1 Å². The number of aromatic nitrogens is 4.